The topological polar surface area (TPSA) is 79.2 Å². The lowest BCUT2D eigenvalue weighted by molar-refractivity contribution is 0.0409. The minimum Gasteiger partial charge on any atom is -0.465 e. The number of ether oxygens (including phenoxy) is 2. The Kier molecular flexibility index (Phi) is 4.80. The van der Waals surface area contributed by atoms with Gasteiger partial charge in [0.2, 0.25) is 0 Å². The molecule has 15 heavy (non-hydrogen) atoms. The van der Waals surface area contributed by atoms with Crippen LogP contribution in [-0.4, -0.2) is 66.8 Å². The normalized spacial score (nSPS) is 25.9. The van der Waals surface area contributed by atoms with Crippen molar-refractivity contribution in [1.82, 2.24) is 4.90 Å². The zero-order valence-corrected chi connectivity index (χ0v) is 8.76. The van der Waals surface area contributed by atoms with Gasteiger partial charge in [-0.15, -0.1) is 0 Å². The first-order valence-electron chi connectivity index (χ1n) is 4.89. The second-order valence-electron chi connectivity index (χ2n) is 3.55. The number of hydrogen-bond donors (Lipinski definition) is 2. The van der Waals surface area contributed by atoms with Gasteiger partial charge in [-0.2, -0.15) is 0 Å². The van der Waals surface area contributed by atoms with Gasteiger partial charge in [0.25, 0.3) is 0 Å². The molecule has 1 amide bonds. The number of hydrogen-bond acceptors (Lipinski definition) is 4. The van der Waals surface area contributed by atoms with Crippen LogP contribution in [-0.2, 0) is 9.47 Å². The average Bonchev–Trinajstić information content (AvgIpc) is 2.55. The molecule has 0 aromatic heterocycles. The van der Waals surface area contributed by atoms with Gasteiger partial charge in [-0.25, -0.2) is 4.79 Å². The predicted octanol–water partition coefficient (Wildman–Crippen LogP) is -0.237. The van der Waals surface area contributed by atoms with Crippen molar-refractivity contribution in [3.05, 3.63) is 0 Å². The number of likely N-dealkylation sites (tertiary alicyclic amines) is 1. The van der Waals surface area contributed by atoms with Crippen LogP contribution >= 0.6 is 0 Å². The van der Waals surface area contributed by atoms with E-state index < -0.39 is 12.2 Å². The van der Waals surface area contributed by atoms with Gasteiger partial charge in [-0.3, -0.25) is 0 Å². The van der Waals surface area contributed by atoms with E-state index in [1.807, 2.05) is 0 Å². The van der Waals surface area contributed by atoms with E-state index in [2.05, 4.69) is 0 Å². The van der Waals surface area contributed by atoms with Crippen LogP contribution < -0.4 is 0 Å². The number of nitrogens with zero attached hydrogens (tertiary/aromatic N) is 1. The zero-order chi connectivity index (χ0) is 11.3. The quantitative estimate of drug-likeness (QED) is 0.624. The van der Waals surface area contributed by atoms with Crippen LogP contribution in [0.15, 0.2) is 0 Å². The first-order valence-corrected chi connectivity index (χ1v) is 4.89. The fourth-order valence-electron chi connectivity index (χ4n) is 1.65. The highest BCUT2D eigenvalue weighted by Gasteiger charge is 2.34. The molecule has 0 unspecified atom stereocenters. The van der Waals surface area contributed by atoms with Gasteiger partial charge in [0.15, 0.2) is 0 Å². The summed E-state index contributed by atoms with van der Waals surface area (Å²) < 4.78 is 10.0. The van der Waals surface area contributed by atoms with Crippen molar-refractivity contribution in [3.63, 3.8) is 0 Å². The summed E-state index contributed by atoms with van der Waals surface area (Å²) in [7, 11) is 1.58. The average molecular weight is 219 g/mol. The van der Waals surface area contributed by atoms with Crippen molar-refractivity contribution in [1.29, 1.82) is 0 Å². The SMILES string of the molecule is COCCOC[C@@H]1C[C@H](O)CN1C(=O)O. The molecule has 1 saturated heterocycles. The summed E-state index contributed by atoms with van der Waals surface area (Å²) in [6.07, 6.45) is -1.14. The van der Waals surface area contributed by atoms with E-state index >= 15 is 0 Å². The molecule has 6 heteroatoms. The molecule has 2 atom stereocenters. The molecule has 0 bridgehead atoms. The van der Waals surface area contributed by atoms with Crippen molar-refractivity contribution in [2.24, 2.45) is 0 Å². The number of β-amino-alcohol motifs (C(OH)–C–C–N with tert-alkyl or cyclic N) is 1. The van der Waals surface area contributed by atoms with Gasteiger partial charge in [-0.05, 0) is 6.42 Å². The third kappa shape index (κ3) is 3.65. The molecule has 0 radical (unpaired) electrons. The first kappa shape index (κ1) is 12.2. The van der Waals surface area contributed by atoms with Crippen LogP contribution in [0.5, 0.6) is 0 Å². The van der Waals surface area contributed by atoms with Crippen molar-refractivity contribution in [2.75, 3.05) is 33.5 Å². The Morgan fingerprint density at radius 2 is 2.27 bits per heavy atom. The third-order valence-electron chi connectivity index (χ3n) is 2.38. The van der Waals surface area contributed by atoms with E-state index in [4.69, 9.17) is 14.6 Å². The second kappa shape index (κ2) is 5.89. The summed E-state index contributed by atoms with van der Waals surface area (Å²) in [5.41, 5.74) is 0. The Hall–Kier alpha value is -0.850. The highest BCUT2D eigenvalue weighted by atomic mass is 16.5. The molecule has 1 fully saturated rings. The Morgan fingerprint density at radius 3 is 2.87 bits per heavy atom. The molecule has 0 aromatic carbocycles. The van der Waals surface area contributed by atoms with Crippen molar-refractivity contribution in [3.8, 4) is 0 Å². The number of rotatable bonds is 5. The number of methoxy groups -OCH3 is 1. The van der Waals surface area contributed by atoms with E-state index in [0.717, 1.165) is 0 Å². The van der Waals surface area contributed by atoms with Crippen molar-refractivity contribution in [2.45, 2.75) is 18.6 Å². The molecule has 0 aromatic rings. The van der Waals surface area contributed by atoms with E-state index in [0.29, 0.717) is 26.2 Å². The fourth-order valence-corrected chi connectivity index (χ4v) is 1.65. The third-order valence-corrected chi connectivity index (χ3v) is 2.38. The molecular weight excluding hydrogens is 202 g/mol. The van der Waals surface area contributed by atoms with Gasteiger partial charge in [0.05, 0.1) is 38.5 Å². The monoisotopic (exact) mass is 219 g/mol. The van der Waals surface area contributed by atoms with Crippen LogP contribution in [0.1, 0.15) is 6.42 Å². The minimum atomic E-state index is -1.01. The number of amides is 1. The Bertz CT molecular complexity index is 211. The maximum Gasteiger partial charge on any atom is 0.407 e. The van der Waals surface area contributed by atoms with E-state index in [1.165, 1.54) is 4.90 Å². The van der Waals surface area contributed by atoms with Gasteiger partial charge in [-0.1, -0.05) is 0 Å². The van der Waals surface area contributed by atoms with Gasteiger partial charge >= 0.3 is 6.09 Å². The summed E-state index contributed by atoms with van der Waals surface area (Å²) in [5, 5.41) is 18.2. The molecule has 1 rings (SSSR count). The number of carboxylic acid groups (broad SMARTS) is 1. The molecule has 0 aliphatic carbocycles. The lowest BCUT2D eigenvalue weighted by Gasteiger charge is -2.20. The molecule has 88 valence electrons. The first-order chi connectivity index (χ1) is 7.15. The minimum absolute atomic E-state index is 0.174. The predicted molar refractivity (Wildman–Crippen MR) is 51.8 cm³/mol. The molecule has 1 aliphatic rings. The molecule has 0 spiro atoms. The van der Waals surface area contributed by atoms with Crippen LogP contribution in [0.4, 0.5) is 4.79 Å². The Morgan fingerprint density at radius 1 is 1.53 bits per heavy atom. The lowest BCUT2D eigenvalue weighted by atomic mass is 10.2. The molecular formula is C9H17NO5. The maximum atomic E-state index is 10.8. The van der Waals surface area contributed by atoms with Gasteiger partial charge in [0, 0.05) is 7.11 Å². The summed E-state index contributed by atoms with van der Waals surface area (Å²) in [6.45, 7) is 1.42. The van der Waals surface area contributed by atoms with E-state index in [1.54, 1.807) is 7.11 Å². The summed E-state index contributed by atoms with van der Waals surface area (Å²) in [5.74, 6) is 0. The molecule has 2 N–H and O–H groups in total. The summed E-state index contributed by atoms with van der Waals surface area (Å²) in [4.78, 5) is 12.0. The Labute approximate surface area is 88.4 Å². The fraction of sp³-hybridized carbons (Fsp3) is 0.889. The van der Waals surface area contributed by atoms with Crippen LogP contribution in [0.3, 0.4) is 0 Å². The molecule has 1 heterocycles. The van der Waals surface area contributed by atoms with Crippen molar-refractivity contribution >= 4 is 6.09 Å². The highest BCUT2D eigenvalue weighted by Crippen LogP contribution is 2.18. The van der Waals surface area contributed by atoms with Crippen LogP contribution in [0.25, 0.3) is 0 Å². The smallest absolute Gasteiger partial charge is 0.407 e. The van der Waals surface area contributed by atoms with E-state index in [9.17, 15) is 9.90 Å². The number of aliphatic hydroxyl groups excluding tert-OH is 1. The highest BCUT2D eigenvalue weighted by molar-refractivity contribution is 5.66. The Balaban J connectivity index is 2.29. The van der Waals surface area contributed by atoms with Crippen LogP contribution in [0, 0.1) is 0 Å². The van der Waals surface area contributed by atoms with Crippen LogP contribution in [0.2, 0.25) is 0 Å². The zero-order valence-electron chi connectivity index (χ0n) is 8.76. The lowest BCUT2D eigenvalue weighted by Crippen LogP contribution is -2.37. The van der Waals surface area contributed by atoms with Crippen molar-refractivity contribution < 1.29 is 24.5 Å². The van der Waals surface area contributed by atoms with Gasteiger partial charge < -0.3 is 24.6 Å². The number of carbonyl (C=O) groups is 1. The number of aliphatic hydroxyl groups is 1. The maximum absolute atomic E-state index is 10.8. The molecule has 0 saturated carbocycles. The molecule has 6 nitrogen and oxygen atoms in total. The summed E-state index contributed by atoms with van der Waals surface area (Å²) >= 11 is 0. The standard InChI is InChI=1S/C9H17NO5/c1-14-2-3-15-6-7-4-8(11)5-10(7)9(12)13/h7-8,11H,2-6H2,1H3,(H,12,13)/t7-,8-/m0/s1. The second-order valence-corrected chi connectivity index (χ2v) is 3.55. The van der Waals surface area contributed by atoms with Gasteiger partial charge in [0.1, 0.15) is 0 Å². The summed E-state index contributed by atoms with van der Waals surface area (Å²) in [6, 6.07) is -0.241. The molecule has 1 aliphatic heterocycles. The van der Waals surface area contributed by atoms with E-state index in [-0.39, 0.29) is 12.6 Å². The largest absolute Gasteiger partial charge is 0.465 e.